The third-order valence-corrected chi connectivity index (χ3v) is 4.18. The van der Waals surface area contributed by atoms with E-state index in [1.165, 1.54) is 11.1 Å². The molecule has 1 unspecified atom stereocenters. The van der Waals surface area contributed by atoms with E-state index in [4.69, 9.17) is 9.47 Å². The lowest BCUT2D eigenvalue weighted by molar-refractivity contribution is 0.235. The maximum atomic E-state index is 5.45. The quantitative estimate of drug-likeness (QED) is 0.815. The van der Waals surface area contributed by atoms with Crippen LogP contribution >= 0.6 is 0 Å². The van der Waals surface area contributed by atoms with Crippen LogP contribution in [0.25, 0.3) is 0 Å². The molecule has 0 amide bonds. The number of methoxy groups -OCH3 is 2. The molecule has 3 heteroatoms. The van der Waals surface area contributed by atoms with Crippen LogP contribution in [-0.4, -0.2) is 20.8 Å². The number of benzene rings is 1. The van der Waals surface area contributed by atoms with Gasteiger partial charge in [0, 0.05) is 6.04 Å². The Balaban J connectivity index is 3.33. The molecule has 0 saturated heterocycles. The molecule has 0 aliphatic rings. The molecule has 20 heavy (non-hydrogen) atoms. The summed E-state index contributed by atoms with van der Waals surface area (Å²) >= 11 is 0. The molecule has 0 radical (unpaired) electrons. The van der Waals surface area contributed by atoms with Crippen molar-refractivity contribution in [1.82, 2.24) is 5.32 Å². The van der Waals surface area contributed by atoms with Gasteiger partial charge in [-0.25, -0.2) is 0 Å². The zero-order valence-corrected chi connectivity index (χ0v) is 14.0. The predicted octanol–water partition coefficient (Wildman–Crippen LogP) is 4.10. The van der Waals surface area contributed by atoms with Crippen LogP contribution < -0.4 is 14.8 Å². The van der Waals surface area contributed by atoms with Crippen molar-refractivity contribution < 1.29 is 9.47 Å². The maximum absolute atomic E-state index is 5.45. The molecular formula is C17H29NO2. The number of nitrogens with one attached hydrogen (secondary N) is 1. The number of ether oxygens (including phenoxy) is 2. The fraction of sp³-hybridized carbons (Fsp3) is 0.647. The Labute approximate surface area is 123 Å². The number of hydrogen-bond acceptors (Lipinski definition) is 3. The molecule has 114 valence electrons. The van der Waals surface area contributed by atoms with E-state index in [2.05, 4.69) is 52.1 Å². The van der Waals surface area contributed by atoms with E-state index >= 15 is 0 Å². The average molecular weight is 279 g/mol. The van der Waals surface area contributed by atoms with E-state index in [1.54, 1.807) is 14.2 Å². The van der Waals surface area contributed by atoms with Gasteiger partial charge >= 0.3 is 0 Å². The molecule has 0 aliphatic heterocycles. The first kappa shape index (κ1) is 16.8. The second kappa shape index (κ2) is 6.98. The topological polar surface area (TPSA) is 30.5 Å². The molecule has 1 N–H and O–H groups in total. The number of aryl methyl sites for hydroxylation is 1. The van der Waals surface area contributed by atoms with E-state index in [1.807, 2.05) is 0 Å². The summed E-state index contributed by atoms with van der Waals surface area (Å²) in [7, 11) is 3.36. The minimum Gasteiger partial charge on any atom is -0.493 e. The third-order valence-electron chi connectivity index (χ3n) is 4.18. The summed E-state index contributed by atoms with van der Waals surface area (Å²) in [5.41, 5.74) is 2.70. The van der Waals surface area contributed by atoms with Gasteiger partial charge in [0.05, 0.1) is 14.2 Å². The van der Waals surface area contributed by atoms with Gasteiger partial charge in [-0.2, -0.15) is 0 Å². The largest absolute Gasteiger partial charge is 0.493 e. The molecule has 1 rings (SSSR count). The molecule has 0 aromatic heterocycles. The summed E-state index contributed by atoms with van der Waals surface area (Å²) in [6.07, 6.45) is 1.11. The molecule has 0 bridgehead atoms. The first-order valence-electron chi connectivity index (χ1n) is 7.37. The highest BCUT2D eigenvalue weighted by Crippen LogP contribution is 2.41. The minimum atomic E-state index is 0.181. The van der Waals surface area contributed by atoms with Crippen LogP contribution in [0.3, 0.4) is 0 Å². The summed E-state index contributed by atoms with van der Waals surface area (Å²) in [6.45, 7) is 12.1. The summed E-state index contributed by atoms with van der Waals surface area (Å²) in [6, 6.07) is 4.47. The van der Waals surface area contributed by atoms with Gasteiger partial charge in [0.1, 0.15) is 0 Å². The first-order chi connectivity index (χ1) is 9.41. The average Bonchev–Trinajstić information content (AvgIpc) is 2.44. The molecule has 1 atom stereocenters. The zero-order chi connectivity index (χ0) is 15.3. The monoisotopic (exact) mass is 279 g/mol. The van der Waals surface area contributed by atoms with E-state index in [-0.39, 0.29) is 5.41 Å². The normalized spacial score (nSPS) is 13.2. The van der Waals surface area contributed by atoms with Crippen molar-refractivity contribution in [2.24, 2.45) is 5.41 Å². The maximum Gasteiger partial charge on any atom is 0.161 e. The van der Waals surface area contributed by atoms with Crippen LogP contribution in [0.15, 0.2) is 12.1 Å². The fourth-order valence-corrected chi connectivity index (χ4v) is 2.52. The van der Waals surface area contributed by atoms with Crippen molar-refractivity contribution in [3.8, 4) is 11.5 Å². The van der Waals surface area contributed by atoms with Crippen molar-refractivity contribution in [2.75, 3.05) is 20.8 Å². The minimum absolute atomic E-state index is 0.181. The highest BCUT2D eigenvalue weighted by Gasteiger charge is 2.30. The second-order valence-corrected chi connectivity index (χ2v) is 5.90. The molecule has 0 fully saturated rings. The standard InChI is InChI=1S/C17H29NO2/c1-8-17(4,5)16(18-9-2)13-11-15(20-7)14(19-6)10-12(13)3/h10-11,16,18H,8-9H2,1-7H3. The summed E-state index contributed by atoms with van der Waals surface area (Å²) in [4.78, 5) is 0. The Bertz CT molecular complexity index is 441. The Hall–Kier alpha value is -1.22. The molecule has 0 heterocycles. The lowest BCUT2D eigenvalue weighted by atomic mass is 9.77. The highest BCUT2D eigenvalue weighted by atomic mass is 16.5. The molecule has 0 saturated carbocycles. The molecule has 3 nitrogen and oxygen atoms in total. The van der Waals surface area contributed by atoms with Crippen molar-refractivity contribution >= 4 is 0 Å². The fourth-order valence-electron chi connectivity index (χ4n) is 2.52. The smallest absolute Gasteiger partial charge is 0.161 e. The van der Waals surface area contributed by atoms with Gasteiger partial charge in [-0.05, 0) is 48.6 Å². The molecule has 0 aliphatic carbocycles. The summed E-state index contributed by atoms with van der Waals surface area (Å²) in [5, 5.41) is 3.62. The molecular weight excluding hydrogens is 250 g/mol. The molecule has 1 aromatic carbocycles. The Morgan fingerprint density at radius 3 is 2.10 bits per heavy atom. The van der Waals surface area contributed by atoms with E-state index in [9.17, 15) is 0 Å². The van der Waals surface area contributed by atoms with Crippen molar-refractivity contribution in [2.45, 2.75) is 47.1 Å². The van der Waals surface area contributed by atoms with Crippen LogP contribution in [0.1, 0.15) is 51.3 Å². The van der Waals surface area contributed by atoms with Gasteiger partial charge < -0.3 is 14.8 Å². The molecule has 1 aromatic rings. The van der Waals surface area contributed by atoms with E-state index < -0.39 is 0 Å². The predicted molar refractivity (Wildman–Crippen MR) is 84.8 cm³/mol. The van der Waals surface area contributed by atoms with Crippen LogP contribution in [0, 0.1) is 12.3 Å². The number of hydrogen-bond donors (Lipinski definition) is 1. The van der Waals surface area contributed by atoms with Crippen LogP contribution in [-0.2, 0) is 0 Å². The summed E-state index contributed by atoms with van der Waals surface area (Å²) in [5.74, 6) is 1.58. The van der Waals surface area contributed by atoms with Crippen molar-refractivity contribution in [3.63, 3.8) is 0 Å². The number of rotatable bonds is 7. The Morgan fingerprint density at radius 2 is 1.65 bits per heavy atom. The van der Waals surface area contributed by atoms with Gasteiger partial charge in [0.15, 0.2) is 11.5 Å². The third kappa shape index (κ3) is 3.45. The summed E-state index contributed by atoms with van der Waals surface area (Å²) < 4.78 is 10.8. The van der Waals surface area contributed by atoms with Gasteiger partial charge in [-0.1, -0.05) is 27.7 Å². The lowest BCUT2D eigenvalue weighted by Gasteiger charge is -2.35. The second-order valence-electron chi connectivity index (χ2n) is 5.90. The van der Waals surface area contributed by atoms with Gasteiger partial charge in [-0.3, -0.25) is 0 Å². The SMILES string of the molecule is CCNC(c1cc(OC)c(OC)cc1C)C(C)(C)CC. The Kier molecular flexibility index (Phi) is 5.88. The van der Waals surface area contributed by atoms with Gasteiger partial charge in [0.2, 0.25) is 0 Å². The van der Waals surface area contributed by atoms with Crippen molar-refractivity contribution in [3.05, 3.63) is 23.3 Å². The van der Waals surface area contributed by atoms with Crippen molar-refractivity contribution in [1.29, 1.82) is 0 Å². The van der Waals surface area contributed by atoms with E-state index in [0.29, 0.717) is 6.04 Å². The molecule has 0 spiro atoms. The van der Waals surface area contributed by atoms with Crippen LogP contribution in [0.2, 0.25) is 0 Å². The highest BCUT2D eigenvalue weighted by molar-refractivity contribution is 5.48. The Morgan fingerprint density at radius 1 is 1.10 bits per heavy atom. The first-order valence-corrected chi connectivity index (χ1v) is 7.37. The van der Waals surface area contributed by atoms with Crippen LogP contribution in [0.4, 0.5) is 0 Å². The lowest BCUT2D eigenvalue weighted by Crippen LogP contribution is -2.34. The van der Waals surface area contributed by atoms with Gasteiger partial charge in [0.25, 0.3) is 0 Å². The zero-order valence-electron chi connectivity index (χ0n) is 14.0. The van der Waals surface area contributed by atoms with Gasteiger partial charge in [-0.15, -0.1) is 0 Å². The van der Waals surface area contributed by atoms with Crippen LogP contribution in [0.5, 0.6) is 11.5 Å². The van der Waals surface area contributed by atoms with E-state index in [0.717, 1.165) is 24.5 Å².